The second-order valence-corrected chi connectivity index (χ2v) is 14.4. The monoisotopic (exact) mass is 706 g/mol. The van der Waals surface area contributed by atoms with Crippen LogP contribution in [-0.4, -0.2) is 58.3 Å². The highest BCUT2D eigenvalue weighted by molar-refractivity contribution is 6.02. The van der Waals surface area contributed by atoms with Crippen molar-refractivity contribution in [2.75, 3.05) is 0 Å². The molecule has 276 valence electrons. The first-order valence-corrected chi connectivity index (χ1v) is 16.5. The van der Waals surface area contributed by atoms with Crippen molar-refractivity contribution in [3.05, 3.63) is 83.6 Å². The summed E-state index contributed by atoms with van der Waals surface area (Å²) in [6.07, 6.45) is 5.33. The van der Waals surface area contributed by atoms with Gasteiger partial charge in [-0.1, -0.05) is 64.1 Å². The molecule has 0 unspecified atom stereocenters. The van der Waals surface area contributed by atoms with Crippen LogP contribution in [0.15, 0.2) is 72.5 Å². The number of benzene rings is 2. The number of hydrogen-bond acceptors (Lipinski definition) is 10. The van der Waals surface area contributed by atoms with Crippen LogP contribution >= 0.6 is 0 Å². The normalized spacial score (nSPS) is 13.5. The van der Waals surface area contributed by atoms with Gasteiger partial charge in [-0.3, -0.25) is 4.79 Å². The topological polar surface area (TPSA) is 167 Å². The number of alkyl carbamates (subject to hydrolysis) is 2. The van der Waals surface area contributed by atoms with E-state index in [-0.39, 0.29) is 29.1 Å². The predicted molar refractivity (Wildman–Crippen MR) is 194 cm³/mol. The first kappa shape index (κ1) is 41.8. The van der Waals surface area contributed by atoms with Crippen LogP contribution in [0.4, 0.5) is 9.59 Å². The maximum Gasteiger partial charge on any atom is 0.408 e. The lowest BCUT2D eigenvalue weighted by Crippen LogP contribution is -2.48. The van der Waals surface area contributed by atoms with Gasteiger partial charge in [0, 0.05) is 6.08 Å². The average Bonchev–Trinajstić information content (AvgIpc) is 2.99. The van der Waals surface area contributed by atoms with E-state index in [1.54, 1.807) is 124 Å². The zero-order valence-electron chi connectivity index (χ0n) is 30.9. The van der Waals surface area contributed by atoms with Crippen molar-refractivity contribution in [1.29, 1.82) is 0 Å². The van der Waals surface area contributed by atoms with Crippen LogP contribution in [0.5, 0.6) is 11.5 Å². The summed E-state index contributed by atoms with van der Waals surface area (Å²) in [5, 5.41) is 15.3. The summed E-state index contributed by atoms with van der Waals surface area (Å²) in [7, 11) is 0. The molecular weight excluding hydrogens is 656 g/mol. The number of nitrogens with one attached hydrogen (secondary N) is 2. The molecule has 12 nitrogen and oxygen atoms in total. The van der Waals surface area contributed by atoms with E-state index in [9.17, 15) is 29.1 Å². The highest BCUT2D eigenvalue weighted by Crippen LogP contribution is 2.18. The van der Waals surface area contributed by atoms with E-state index in [1.165, 1.54) is 18.2 Å². The third-order valence-electron chi connectivity index (χ3n) is 6.56. The number of ketones is 1. The molecule has 0 saturated heterocycles. The number of carbonyl (C=O) groups is 5. The lowest BCUT2D eigenvalue weighted by molar-refractivity contribution is -0.138. The number of carbonyl (C=O) groups excluding carboxylic acids is 5. The number of hydrogen-bond donors (Lipinski definition) is 3. The number of aliphatic hydroxyl groups excluding tert-OH is 1. The predicted octanol–water partition coefficient (Wildman–Crippen LogP) is 7.33. The third-order valence-corrected chi connectivity index (χ3v) is 6.56. The molecule has 2 aromatic rings. The summed E-state index contributed by atoms with van der Waals surface area (Å²) in [5.41, 5.74) is -0.137. The largest absolute Gasteiger partial charge is 0.508 e. The number of rotatable bonds is 13. The molecule has 0 fully saturated rings. The Labute approximate surface area is 299 Å². The summed E-state index contributed by atoms with van der Waals surface area (Å²) in [5.74, 6) is -2.04. The number of ether oxygens (including phenoxy) is 4. The van der Waals surface area contributed by atoms with Crippen LogP contribution in [0.25, 0.3) is 12.2 Å². The minimum absolute atomic E-state index is 0.253. The van der Waals surface area contributed by atoms with E-state index in [0.29, 0.717) is 11.1 Å². The Morgan fingerprint density at radius 3 is 1.29 bits per heavy atom. The molecule has 0 aliphatic heterocycles. The maximum absolute atomic E-state index is 12.7. The second kappa shape index (κ2) is 18.6. The molecule has 0 heterocycles. The van der Waals surface area contributed by atoms with E-state index >= 15 is 0 Å². The molecule has 2 atom stereocenters. The molecule has 0 aromatic heterocycles. The molecule has 3 N–H and O–H groups in total. The highest BCUT2D eigenvalue weighted by atomic mass is 16.6. The molecule has 2 rings (SSSR count). The molecule has 0 saturated carbocycles. The van der Waals surface area contributed by atoms with Gasteiger partial charge in [0.2, 0.25) is 0 Å². The Morgan fingerprint density at radius 2 is 0.961 bits per heavy atom. The van der Waals surface area contributed by atoms with Crippen molar-refractivity contribution in [2.24, 2.45) is 11.8 Å². The smallest absolute Gasteiger partial charge is 0.408 e. The van der Waals surface area contributed by atoms with E-state index in [4.69, 9.17) is 18.9 Å². The Bertz CT molecular complexity index is 1610. The fourth-order valence-electron chi connectivity index (χ4n) is 4.12. The molecule has 51 heavy (non-hydrogen) atoms. The van der Waals surface area contributed by atoms with Crippen LogP contribution in [0.2, 0.25) is 0 Å². The van der Waals surface area contributed by atoms with Gasteiger partial charge in [0.1, 0.15) is 40.5 Å². The van der Waals surface area contributed by atoms with Gasteiger partial charge in [0.15, 0.2) is 5.78 Å². The summed E-state index contributed by atoms with van der Waals surface area (Å²) in [4.78, 5) is 62.2. The fourth-order valence-corrected chi connectivity index (χ4v) is 4.12. The summed E-state index contributed by atoms with van der Waals surface area (Å²) >= 11 is 0. The van der Waals surface area contributed by atoms with Gasteiger partial charge in [0.05, 0.1) is 0 Å². The SMILES string of the molecule is CC(C)[C@H](NC(=O)OC(C)(C)C)C(=O)Oc1ccc(C=CC(=O)C=C(O)C=Cc2ccc(OC(=O)[C@@H](NC(=O)OC(C)(C)C)C(C)C)cc2)cc1. The van der Waals surface area contributed by atoms with Gasteiger partial charge in [-0.05, 0) is 101 Å². The van der Waals surface area contributed by atoms with Crippen LogP contribution in [0.1, 0.15) is 80.4 Å². The van der Waals surface area contributed by atoms with Crippen molar-refractivity contribution in [2.45, 2.75) is 92.5 Å². The zero-order valence-corrected chi connectivity index (χ0v) is 30.9. The molecule has 2 aromatic carbocycles. The molecular formula is C39H50N2O10. The summed E-state index contributed by atoms with van der Waals surface area (Å²) in [6, 6.07) is 11.0. The van der Waals surface area contributed by atoms with Crippen LogP contribution in [0.3, 0.4) is 0 Å². The summed E-state index contributed by atoms with van der Waals surface area (Å²) in [6.45, 7) is 17.4. The Balaban J connectivity index is 1.94. The Hall–Kier alpha value is -5.39. The van der Waals surface area contributed by atoms with Crippen molar-refractivity contribution >= 4 is 42.1 Å². The standard InChI is InChI=1S/C39H50N2O10/c1-24(2)32(40-36(46)50-38(5,6)7)34(44)48-30-19-13-26(14-20-30)11-17-28(42)23-29(43)18-12-27-15-21-31(22-16-27)49-35(45)33(25(3)4)41-37(47)51-39(8,9)10/h11-25,32-33,42H,1-10H3,(H,40,46)(H,41,47)/t32-,33-/m0/s1. The van der Waals surface area contributed by atoms with Crippen molar-refractivity contribution in [1.82, 2.24) is 10.6 Å². The van der Waals surface area contributed by atoms with Gasteiger partial charge in [-0.2, -0.15) is 0 Å². The van der Waals surface area contributed by atoms with Crippen LogP contribution in [0, 0.1) is 11.8 Å². The Morgan fingerprint density at radius 1 is 0.608 bits per heavy atom. The van der Waals surface area contributed by atoms with Gasteiger partial charge >= 0.3 is 24.1 Å². The molecule has 0 radical (unpaired) electrons. The van der Waals surface area contributed by atoms with Gasteiger partial charge in [-0.15, -0.1) is 0 Å². The number of aliphatic hydroxyl groups is 1. The quantitative estimate of drug-likeness (QED) is 0.0631. The minimum atomic E-state index is -0.923. The maximum atomic E-state index is 12.7. The van der Waals surface area contributed by atoms with Gasteiger partial charge in [0.25, 0.3) is 0 Å². The van der Waals surface area contributed by atoms with Crippen LogP contribution < -0.4 is 20.1 Å². The van der Waals surface area contributed by atoms with Crippen molar-refractivity contribution in [3.8, 4) is 11.5 Å². The van der Waals surface area contributed by atoms with Gasteiger partial charge in [-0.25, -0.2) is 19.2 Å². The highest BCUT2D eigenvalue weighted by Gasteiger charge is 2.30. The lowest BCUT2D eigenvalue weighted by atomic mass is 10.1. The van der Waals surface area contributed by atoms with Gasteiger partial charge < -0.3 is 34.7 Å². The van der Waals surface area contributed by atoms with Crippen molar-refractivity contribution < 1.29 is 48.0 Å². The van der Waals surface area contributed by atoms with E-state index in [1.807, 2.05) is 0 Å². The van der Waals surface area contributed by atoms with Crippen LogP contribution in [-0.2, 0) is 23.9 Å². The molecule has 0 bridgehead atoms. The first-order valence-electron chi connectivity index (χ1n) is 16.5. The second-order valence-electron chi connectivity index (χ2n) is 14.4. The number of amides is 2. The molecule has 2 amide bonds. The summed E-state index contributed by atoms with van der Waals surface area (Å²) < 4.78 is 21.4. The fraction of sp³-hybridized carbons (Fsp3) is 0.410. The number of allylic oxidation sites excluding steroid dienone is 3. The minimum Gasteiger partial charge on any atom is -0.508 e. The first-order chi connectivity index (χ1) is 23.6. The van der Waals surface area contributed by atoms with E-state index in [2.05, 4.69) is 10.6 Å². The molecule has 0 aliphatic carbocycles. The lowest BCUT2D eigenvalue weighted by Gasteiger charge is -2.24. The zero-order chi connectivity index (χ0) is 38.5. The molecule has 0 spiro atoms. The van der Waals surface area contributed by atoms with Crippen molar-refractivity contribution in [3.63, 3.8) is 0 Å². The van der Waals surface area contributed by atoms with E-state index < -0.39 is 53.2 Å². The number of esters is 2. The Kier molecular flexibility index (Phi) is 15.2. The average molecular weight is 707 g/mol. The third kappa shape index (κ3) is 16.2. The molecule has 0 aliphatic rings. The van der Waals surface area contributed by atoms with E-state index in [0.717, 1.165) is 6.08 Å². The molecule has 12 heteroatoms.